The summed E-state index contributed by atoms with van der Waals surface area (Å²) in [6, 6.07) is 8.86. The zero-order valence-corrected chi connectivity index (χ0v) is 15.2. The number of sulfonamides is 1. The lowest BCUT2D eigenvalue weighted by atomic mass is 10.2. The third-order valence-electron chi connectivity index (χ3n) is 3.95. The number of hydrogen-bond donors (Lipinski definition) is 1. The van der Waals surface area contributed by atoms with E-state index in [1.165, 1.54) is 21.1 Å². The number of nitrogens with one attached hydrogen (secondary N) is 1. The van der Waals surface area contributed by atoms with E-state index in [1.807, 2.05) is 31.2 Å². The average molecular weight is 349 g/mol. The molecular formula is C17H23N3O3S. The second-order valence-corrected chi connectivity index (χ2v) is 7.47. The van der Waals surface area contributed by atoms with Gasteiger partial charge in [0.1, 0.15) is 10.6 Å². The number of carbonyl (C=O) groups excluding carboxylic acids is 1. The highest BCUT2D eigenvalue weighted by Gasteiger charge is 2.25. The van der Waals surface area contributed by atoms with Gasteiger partial charge >= 0.3 is 0 Å². The number of rotatable bonds is 6. The first kappa shape index (κ1) is 18.2. The van der Waals surface area contributed by atoms with Crippen molar-refractivity contribution < 1.29 is 13.2 Å². The molecule has 0 aliphatic heterocycles. The van der Waals surface area contributed by atoms with Gasteiger partial charge in [0, 0.05) is 32.0 Å². The number of hydrogen-bond acceptors (Lipinski definition) is 3. The lowest BCUT2D eigenvalue weighted by molar-refractivity contribution is 0.101. The Hall–Kier alpha value is -2.12. The van der Waals surface area contributed by atoms with Crippen molar-refractivity contribution in [2.24, 2.45) is 7.05 Å². The van der Waals surface area contributed by atoms with Crippen molar-refractivity contribution >= 4 is 21.6 Å². The number of nitrogens with zero attached hydrogens (tertiary/aromatic N) is 2. The standard InChI is InChI=1S/C17H23N3O3S/c1-5-20(6-2)24(22,23)14-11-16(19(4)12-14)17(21)18-15-10-8-7-9-13(15)3/h7-12H,5-6H2,1-4H3,(H,18,21). The van der Waals surface area contributed by atoms with Gasteiger partial charge in [-0.05, 0) is 24.6 Å². The fourth-order valence-corrected chi connectivity index (χ4v) is 4.04. The van der Waals surface area contributed by atoms with E-state index in [2.05, 4.69) is 5.32 Å². The van der Waals surface area contributed by atoms with Crippen LogP contribution in [0, 0.1) is 6.92 Å². The Balaban J connectivity index is 2.32. The number of carbonyl (C=O) groups is 1. The van der Waals surface area contributed by atoms with Gasteiger partial charge in [-0.15, -0.1) is 0 Å². The summed E-state index contributed by atoms with van der Waals surface area (Å²) in [6.45, 7) is 6.25. The van der Waals surface area contributed by atoms with Gasteiger partial charge in [0.25, 0.3) is 5.91 Å². The van der Waals surface area contributed by atoms with E-state index < -0.39 is 10.0 Å². The Morgan fingerprint density at radius 3 is 2.42 bits per heavy atom. The molecule has 0 atom stereocenters. The Labute approximate surface area is 143 Å². The van der Waals surface area contributed by atoms with Crippen LogP contribution >= 0.6 is 0 Å². The summed E-state index contributed by atoms with van der Waals surface area (Å²) in [6.07, 6.45) is 1.47. The largest absolute Gasteiger partial charge is 0.345 e. The SMILES string of the molecule is CCN(CC)S(=O)(=O)c1cc(C(=O)Nc2ccccc2C)n(C)c1. The molecule has 0 bridgehead atoms. The number of para-hydroxylation sites is 1. The molecule has 0 fully saturated rings. The highest BCUT2D eigenvalue weighted by molar-refractivity contribution is 7.89. The fourth-order valence-electron chi connectivity index (χ4n) is 2.51. The highest BCUT2D eigenvalue weighted by Crippen LogP contribution is 2.20. The Morgan fingerprint density at radius 2 is 1.83 bits per heavy atom. The van der Waals surface area contributed by atoms with E-state index in [1.54, 1.807) is 20.9 Å². The number of aromatic nitrogens is 1. The Kier molecular flexibility index (Phi) is 5.46. The van der Waals surface area contributed by atoms with Gasteiger partial charge in [-0.25, -0.2) is 8.42 Å². The van der Waals surface area contributed by atoms with Gasteiger partial charge in [-0.3, -0.25) is 4.79 Å². The molecule has 6 nitrogen and oxygen atoms in total. The summed E-state index contributed by atoms with van der Waals surface area (Å²) >= 11 is 0. The summed E-state index contributed by atoms with van der Waals surface area (Å²) in [7, 11) is -1.92. The zero-order chi connectivity index (χ0) is 17.9. The molecule has 0 radical (unpaired) electrons. The van der Waals surface area contributed by atoms with Crippen LogP contribution in [0.15, 0.2) is 41.4 Å². The van der Waals surface area contributed by atoms with Crippen molar-refractivity contribution in [1.29, 1.82) is 0 Å². The number of anilines is 1. The normalized spacial score (nSPS) is 11.7. The van der Waals surface area contributed by atoms with Crippen LogP contribution in [0.1, 0.15) is 29.9 Å². The molecule has 1 N–H and O–H groups in total. The van der Waals surface area contributed by atoms with Crippen molar-refractivity contribution in [3.63, 3.8) is 0 Å². The van der Waals surface area contributed by atoms with Crippen molar-refractivity contribution in [3.8, 4) is 0 Å². The summed E-state index contributed by atoms with van der Waals surface area (Å²) in [5.41, 5.74) is 1.94. The van der Waals surface area contributed by atoms with Crippen LogP contribution in [-0.2, 0) is 17.1 Å². The van der Waals surface area contributed by atoms with Crippen molar-refractivity contribution in [3.05, 3.63) is 47.8 Å². The monoisotopic (exact) mass is 349 g/mol. The molecule has 7 heteroatoms. The summed E-state index contributed by atoms with van der Waals surface area (Å²) in [5.74, 6) is -0.340. The van der Waals surface area contributed by atoms with Crippen LogP contribution in [0.4, 0.5) is 5.69 Å². The maximum Gasteiger partial charge on any atom is 0.272 e. The van der Waals surface area contributed by atoms with Gasteiger partial charge < -0.3 is 9.88 Å². The summed E-state index contributed by atoms with van der Waals surface area (Å²) < 4.78 is 28.0. The summed E-state index contributed by atoms with van der Waals surface area (Å²) in [5, 5.41) is 2.82. The first-order valence-electron chi connectivity index (χ1n) is 7.84. The molecule has 1 amide bonds. The van der Waals surface area contributed by atoms with Gasteiger partial charge in [0.15, 0.2) is 0 Å². The molecule has 0 spiro atoms. The minimum atomic E-state index is -3.58. The van der Waals surface area contributed by atoms with Gasteiger partial charge in [0.2, 0.25) is 10.0 Å². The van der Waals surface area contributed by atoms with Gasteiger partial charge in [-0.2, -0.15) is 4.31 Å². The van der Waals surface area contributed by atoms with Crippen LogP contribution < -0.4 is 5.32 Å². The lowest BCUT2D eigenvalue weighted by Gasteiger charge is -2.17. The average Bonchev–Trinajstić information content (AvgIpc) is 2.93. The van der Waals surface area contributed by atoms with Crippen molar-refractivity contribution in [2.75, 3.05) is 18.4 Å². The first-order chi connectivity index (χ1) is 11.3. The molecule has 24 heavy (non-hydrogen) atoms. The van der Waals surface area contributed by atoms with Crippen LogP contribution in [0.2, 0.25) is 0 Å². The molecule has 1 aromatic heterocycles. The van der Waals surface area contributed by atoms with Crippen molar-refractivity contribution in [1.82, 2.24) is 8.87 Å². The highest BCUT2D eigenvalue weighted by atomic mass is 32.2. The van der Waals surface area contributed by atoms with E-state index in [0.29, 0.717) is 24.5 Å². The molecule has 0 aliphatic rings. The number of aryl methyl sites for hydroxylation is 2. The van der Waals surface area contributed by atoms with Crippen LogP contribution in [0.5, 0.6) is 0 Å². The van der Waals surface area contributed by atoms with Crippen LogP contribution in [-0.4, -0.2) is 36.3 Å². The molecule has 0 saturated heterocycles. The molecule has 2 rings (SSSR count). The Bertz CT molecular complexity index is 837. The van der Waals surface area contributed by atoms with Gasteiger partial charge in [0.05, 0.1) is 0 Å². The molecule has 0 unspecified atom stereocenters. The third kappa shape index (κ3) is 3.52. The maximum atomic E-state index is 12.6. The van der Waals surface area contributed by atoms with Crippen LogP contribution in [0.3, 0.4) is 0 Å². The first-order valence-corrected chi connectivity index (χ1v) is 9.28. The minimum Gasteiger partial charge on any atom is -0.345 e. The number of benzene rings is 1. The Morgan fingerprint density at radius 1 is 1.21 bits per heavy atom. The second-order valence-electron chi connectivity index (χ2n) is 5.53. The minimum absolute atomic E-state index is 0.128. The van der Waals surface area contributed by atoms with Gasteiger partial charge in [-0.1, -0.05) is 32.0 Å². The molecular weight excluding hydrogens is 326 g/mol. The second kappa shape index (κ2) is 7.19. The smallest absolute Gasteiger partial charge is 0.272 e. The van der Waals surface area contributed by atoms with Crippen LogP contribution in [0.25, 0.3) is 0 Å². The molecule has 0 saturated carbocycles. The molecule has 0 aliphatic carbocycles. The predicted molar refractivity (Wildman–Crippen MR) is 94.7 cm³/mol. The van der Waals surface area contributed by atoms with E-state index in [9.17, 15) is 13.2 Å². The topological polar surface area (TPSA) is 71.4 Å². The molecule has 130 valence electrons. The third-order valence-corrected chi connectivity index (χ3v) is 5.96. The van der Waals surface area contributed by atoms with E-state index in [0.717, 1.165) is 5.56 Å². The van der Waals surface area contributed by atoms with E-state index in [4.69, 9.17) is 0 Å². The zero-order valence-electron chi connectivity index (χ0n) is 14.4. The summed E-state index contributed by atoms with van der Waals surface area (Å²) in [4.78, 5) is 12.6. The molecule has 1 heterocycles. The molecule has 2 aromatic rings. The fraction of sp³-hybridized carbons (Fsp3) is 0.353. The van der Waals surface area contributed by atoms with Crippen molar-refractivity contribution in [2.45, 2.75) is 25.7 Å². The maximum absolute atomic E-state index is 12.6. The number of amides is 1. The molecule has 1 aromatic carbocycles. The lowest BCUT2D eigenvalue weighted by Crippen LogP contribution is -2.30. The van der Waals surface area contributed by atoms with E-state index >= 15 is 0 Å². The van der Waals surface area contributed by atoms with E-state index in [-0.39, 0.29) is 10.8 Å². The quantitative estimate of drug-likeness (QED) is 0.871. The predicted octanol–water partition coefficient (Wildman–Crippen LogP) is 2.62.